The molecule has 9 heteroatoms. The minimum Gasteiger partial charge on any atom is -0.388 e. The van der Waals surface area contributed by atoms with Crippen molar-refractivity contribution in [2.24, 2.45) is 0 Å². The van der Waals surface area contributed by atoms with Crippen molar-refractivity contribution in [3.63, 3.8) is 0 Å². The third-order valence-corrected chi connectivity index (χ3v) is 6.07. The lowest BCUT2D eigenvalue weighted by atomic mass is 10.1. The first-order valence-electron chi connectivity index (χ1n) is 8.89. The van der Waals surface area contributed by atoms with Crippen LogP contribution in [-0.2, 0) is 11.2 Å². The van der Waals surface area contributed by atoms with Crippen LogP contribution in [0.3, 0.4) is 0 Å². The Labute approximate surface area is 153 Å². The van der Waals surface area contributed by atoms with E-state index in [-0.39, 0.29) is 0 Å². The molecule has 1 fully saturated rings. The number of rotatable bonds is 6. The van der Waals surface area contributed by atoms with Gasteiger partial charge in [-0.1, -0.05) is 6.92 Å². The van der Waals surface area contributed by atoms with Crippen LogP contribution in [-0.4, -0.2) is 73.8 Å². The molecule has 0 bridgehead atoms. The summed E-state index contributed by atoms with van der Waals surface area (Å²) in [4.78, 5) is 13.1. The highest BCUT2D eigenvalue weighted by atomic mass is 31.2. The van der Waals surface area contributed by atoms with E-state index in [1.54, 1.807) is 4.57 Å². The van der Waals surface area contributed by atoms with Crippen LogP contribution < -0.4 is 5.73 Å². The first-order chi connectivity index (χ1) is 12.2. The number of aryl methyl sites for hydroxylation is 1. The highest BCUT2D eigenvalue weighted by molar-refractivity contribution is 7.72. The molecule has 4 N–H and O–H groups in total. The van der Waals surface area contributed by atoms with E-state index in [2.05, 4.69) is 34.6 Å². The Kier molecular flexibility index (Phi) is 5.40. The average Bonchev–Trinajstić information content (AvgIpc) is 3.08. The SMILES string of the molecule is C=P(C)(C)CC[C@H]1OC(n2cnc3c(N)nc(CCC)nc32)[C@H](O)[C@@H]1O. The molecule has 1 aliphatic heterocycles. The number of hydrogen-bond acceptors (Lipinski definition) is 7. The predicted octanol–water partition coefficient (Wildman–Crippen LogP) is 1.08. The lowest BCUT2D eigenvalue weighted by molar-refractivity contribution is -0.0353. The molecule has 3 rings (SSSR count). The lowest BCUT2D eigenvalue weighted by Crippen LogP contribution is -2.31. The van der Waals surface area contributed by atoms with Crippen LogP contribution in [0.2, 0.25) is 0 Å². The maximum absolute atomic E-state index is 10.5. The molecular formula is C17H28N5O3P. The van der Waals surface area contributed by atoms with Gasteiger partial charge in [0.2, 0.25) is 0 Å². The number of aliphatic hydroxyl groups excluding tert-OH is 2. The van der Waals surface area contributed by atoms with Gasteiger partial charge in [0.1, 0.15) is 23.5 Å². The first kappa shape index (κ1) is 19.3. The molecule has 144 valence electrons. The molecule has 2 aromatic heterocycles. The zero-order chi connectivity index (χ0) is 19.1. The van der Waals surface area contributed by atoms with E-state index in [0.29, 0.717) is 35.6 Å². The largest absolute Gasteiger partial charge is 0.388 e. The molecule has 1 aliphatic rings. The number of fused-ring (bicyclic) bond motifs is 1. The zero-order valence-corrected chi connectivity index (χ0v) is 16.4. The van der Waals surface area contributed by atoms with Crippen LogP contribution in [0.25, 0.3) is 11.2 Å². The second-order valence-corrected chi connectivity index (χ2v) is 11.9. The van der Waals surface area contributed by atoms with Crippen LogP contribution in [0, 0.1) is 0 Å². The summed E-state index contributed by atoms with van der Waals surface area (Å²) >= 11 is 0. The number of aromatic nitrogens is 4. The fourth-order valence-electron chi connectivity index (χ4n) is 3.18. The summed E-state index contributed by atoms with van der Waals surface area (Å²) in [6, 6.07) is 0. The Morgan fingerprint density at radius 3 is 2.69 bits per heavy atom. The standard InChI is InChI=1S/C17H28N5O3P/c1-5-6-11-20-15(18)12-16(21-11)22(9-19-12)17-14(24)13(23)10(25-17)7-8-26(2,3)4/h9-10,13-14,17,23-24H,2,5-8H2,1,3-4H3,(H2,18,20,21)/t10-,13-,14-,17?/m1/s1. The number of imidazole rings is 1. The summed E-state index contributed by atoms with van der Waals surface area (Å²) < 4.78 is 7.63. The monoisotopic (exact) mass is 381 g/mol. The van der Waals surface area contributed by atoms with E-state index in [1.807, 2.05) is 6.92 Å². The Bertz CT molecular complexity index is 833. The van der Waals surface area contributed by atoms with Crippen LogP contribution in [0.15, 0.2) is 6.33 Å². The van der Waals surface area contributed by atoms with Gasteiger partial charge in [-0.3, -0.25) is 4.57 Å². The zero-order valence-electron chi connectivity index (χ0n) is 15.5. The second kappa shape index (κ2) is 7.27. The Balaban J connectivity index is 1.90. The summed E-state index contributed by atoms with van der Waals surface area (Å²) in [7, 11) is 0. The summed E-state index contributed by atoms with van der Waals surface area (Å²) in [5, 5.41) is 20.9. The van der Waals surface area contributed by atoms with Gasteiger partial charge in [0.25, 0.3) is 0 Å². The number of anilines is 1. The molecule has 0 aliphatic carbocycles. The van der Waals surface area contributed by atoms with Crippen LogP contribution in [0.5, 0.6) is 0 Å². The van der Waals surface area contributed by atoms with Crippen molar-refractivity contribution in [3.8, 4) is 0 Å². The smallest absolute Gasteiger partial charge is 0.167 e. The molecule has 8 nitrogen and oxygen atoms in total. The molecule has 0 aromatic carbocycles. The van der Waals surface area contributed by atoms with E-state index in [4.69, 9.17) is 10.5 Å². The van der Waals surface area contributed by atoms with Crippen molar-refractivity contribution in [3.05, 3.63) is 12.2 Å². The maximum Gasteiger partial charge on any atom is 0.167 e. The third kappa shape index (κ3) is 3.78. The normalized spacial score (nSPS) is 26.7. The summed E-state index contributed by atoms with van der Waals surface area (Å²) in [6.07, 6.45) is 5.64. The van der Waals surface area contributed by atoms with Gasteiger partial charge in [-0.15, -0.1) is 13.2 Å². The number of aliphatic hydroxyl groups is 2. The van der Waals surface area contributed by atoms with Crippen LogP contribution >= 0.6 is 6.89 Å². The minimum absolute atomic E-state index is 0.311. The third-order valence-electron chi connectivity index (χ3n) is 4.60. The van der Waals surface area contributed by atoms with Crippen LogP contribution in [0.1, 0.15) is 31.8 Å². The molecule has 0 radical (unpaired) electrons. The molecule has 4 atom stereocenters. The van der Waals surface area contributed by atoms with Crippen molar-refractivity contribution in [1.29, 1.82) is 0 Å². The number of ether oxygens (including phenoxy) is 1. The molecule has 0 saturated carbocycles. The summed E-state index contributed by atoms with van der Waals surface area (Å²) in [6.45, 7) is 5.09. The predicted molar refractivity (Wildman–Crippen MR) is 105 cm³/mol. The van der Waals surface area contributed by atoms with Crippen molar-refractivity contribution in [2.75, 3.05) is 25.2 Å². The molecule has 1 saturated heterocycles. The molecule has 2 aromatic rings. The number of nitrogens with zero attached hydrogens (tertiary/aromatic N) is 4. The molecule has 26 heavy (non-hydrogen) atoms. The Morgan fingerprint density at radius 1 is 1.31 bits per heavy atom. The lowest BCUT2D eigenvalue weighted by Gasteiger charge is -2.18. The fourth-order valence-corrected chi connectivity index (χ4v) is 4.13. The van der Waals surface area contributed by atoms with Crippen molar-refractivity contribution >= 4 is 30.2 Å². The van der Waals surface area contributed by atoms with Gasteiger partial charge in [0, 0.05) is 6.42 Å². The Morgan fingerprint density at radius 2 is 2.04 bits per heavy atom. The highest BCUT2D eigenvalue weighted by Crippen LogP contribution is 2.40. The van der Waals surface area contributed by atoms with Gasteiger partial charge in [0.15, 0.2) is 17.7 Å². The van der Waals surface area contributed by atoms with Gasteiger partial charge in [-0.25, -0.2) is 15.0 Å². The molecule has 0 amide bonds. The topological polar surface area (TPSA) is 119 Å². The molecule has 0 spiro atoms. The van der Waals surface area contributed by atoms with Crippen molar-refractivity contribution in [2.45, 2.75) is 50.7 Å². The quantitative estimate of drug-likeness (QED) is 0.641. The maximum atomic E-state index is 10.5. The Hall–Kier alpha value is -1.47. The van der Waals surface area contributed by atoms with E-state index in [0.717, 1.165) is 12.6 Å². The van der Waals surface area contributed by atoms with Gasteiger partial charge < -0.3 is 20.7 Å². The number of hydrogen-bond donors (Lipinski definition) is 3. The molecule has 3 heterocycles. The van der Waals surface area contributed by atoms with Gasteiger partial charge in [-0.2, -0.15) is 0 Å². The number of nitrogens with two attached hydrogens (primary N) is 1. The molecule has 1 unspecified atom stereocenters. The summed E-state index contributed by atoms with van der Waals surface area (Å²) in [5.41, 5.74) is 6.99. The molecular weight excluding hydrogens is 353 g/mol. The van der Waals surface area contributed by atoms with E-state index in [9.17, 15) is 10.2 Å². The first-order valence-corrected chi connectivity index (χ1v) is 11.9. The van der Waals surface area contributed by atoms with E-state index < -0.39 is 31.4 Å². The van der Waals surface area contributed by atoms with Gasteiger partial charge in [0.05, 0.1) is 12.4 Å². The van der Waals surface area contributed by atoms with Gasteiger partial charge >= 0.3 is 0 Å². The fraction of sp³-hybridized carbons (Fsp3) is 0.647. The minimum atomic E-state index is -1.23. The van der Waals surface area contributed by atoms with Crippen molar-refractivity contribution in [1.82, 2.24) is 19.5 Å². The van der Waals surface area contributed by atoms with Gasteiger partial charge in [-0.05, 0) is 32.3 Å². The second-order valence-electron chi connectivity index (χ2n) is 7.59. The summed E-state index contributed by atoms with van der Waals surface area (Å²) in [5.74, 6) is 0.942. The average molecular weight is 381 g/mol. The van der Waals surface area contributed by atoms with Crippen molar-refractivity contribution < 1.29 is 14.9 Å². The van der Waals surface area contributed by atoms with E-state index in [1.165, 1.54) is 6.33 Å². The number of nitrogen functional groups attached to an aromatic ring is 1. The van der Waals surface area contributed by atoms with E-state index >= 15 is 0 Å². The van der Waals surface area contributed by atoms with Crippen LogP contribution in [0.4, 0.5) is 5.82 Å². The highest BCUT2D eigenvalue weighted by Gasteiger charge is 2.44.